The summed E-state index contributed by atoms with van der Waals surface area (Å²) in [5.41, 5.74) is 0.579. The largest absolute Gasteiger partial charge is 0.490 e. The molecular weight excluding hydrogens is 317 g/mol. The molecular formula is C18H27ClFNO2. The van der Waals surface area contributed by atoms with E-state index in [1.807, 2.05) is 13.8 Å². The molecule has 0 saturated carbocycles. The van der Waals surface area contributed by atoms with Crippen molar-refractivity contribution < 1.29 is 13.9 Å². The Kier molecular flexibility index (Phi) is 8.38. The molecule has 0 fully saturated rings. The first kappa shape index (κ1) is 19.8. The number of nitrogens with zero attached hydrogens (tertiary/aromatic N) is 1. The highest BCUT2D eigenvalue weighted by molar-refractivity contribution is 6.30. The minimum atomic E-state index is -0.320. The van der Waals surface area contributed by atoms with Gasteiger partial charge in [-0.2, -0.15) is 0 Å². The second-order valence-electron chi connectivity index (χ2n) is 6.43. The first-order valence-corrected chi connectivity index (χ1v) is 8.50. The molecule has 0 N–H and O–H groups in total. The SMILES string of the molecule is CC(C)COc1cc(Cl)cc(CCCCCC(=O)N(C)C)c1F. The van der Waals surface area contributed by atoms with Gasteiger partial charge in [0.05, 0.1) is 6.61 Å². The van der Waals surface area contributed by atoms with E-state index >= 15 is 0 Å². The maximum atomic E-state index is 14.4. The smallest absolute Gasteiger partial charge is 0.222 e. The molecule has 0 bridgehead atoms. The lowest BCUT2D eigenvalue weighted by Gasteiger charge is -2.13. The zero-order valence-electron chi connectivity index (χ0n) is 14.5. The van der Waals surface area contributed by atoms with E-state index < -0.39 is 0 Å². The van der Waals surface area contributed by atoms with Gasteiger partial charge in [0.25, 0.3) is 0 Å². The van der Waals surface area contributed by atoms with E-state index in [1.165, 1.54) is 6.07 Å². The molecule has 0 spiro atoms. The topological polar surface area (TPSA) is 29.5 Å². The van der Waals surface area contributed by atoms with Crippen LogP contribution >= 0.6 is 11.6 Å². The van der Waals surface area contributed by atoms with Gasteiger partial charge in [0.2, 0.25) is 5.91 Å². The number of amides is 1. The Morgan fingerprint density at radius 2 is 1.96 bits per heavy atom. The number of unbranched alkanes of at least 4 members (excludes halogenated alkanes) is 2. The van der Waals surface area contributed by atoms with Crippen molar-refractivity contribution >= 4 is 17.5 Å². The first-order chi connectivity index (χ1) is 10.8. The van der Waals surface area contributed by atoms with Gasteiger partial charge in [0, 0.05) is 31.6 Å². The van der Waals surface area contributed by atoms with Crippen molar-refractivity contribution in [3.63, 3.8) is 0 Å². The second kappa shape index (κ2) is 9.76. The number of carbonyl (C=O) groups is 1. The van der Waals surface area contributed by atoms with Crippen molar-refractivity contribution in [2.45, 2.75) is 46.0 Å². The lowest BCUT2D eigenvalue weighted by atomic mass is 10.0. The Morgan fingerprint density at radius 1 is 1.26 bits per heavy atom. The minimum Gasteiger partial charge on any atom is -0.490 e. The normalized spacial score (nSPS) is 10.9. The first-order valence-electron chi connectivity index (χ1n) is 8.12. The van der Waals surface area contributed by atoms with E-state index in [9.17, 15) is 9.18 Å². The molecule has 0 saturated heterocycles. The Balaban J connectivity index is 2.51. The number of rotatable bonds is 9. The minimum absolute atomic E-state index is 0.128. The van der Waals surface area contributed by atoms with Crippen LogP contribution in [0.2, 0.25) is 5.02 Å². The van der Waals surface area contributed by atoms with Crippen LogP contribution < -0.4 is 4.74 Å². The zero-order chi connectivity index (χ0) is 17.4. The van der Waals surface area contributed by atoms with Crippen LogP contribution in [0.4, 0.5) is 4.39 Å². The molecule has 0 radical (unpaired) electrons. The Hall–Kier alpha value is -1.29. The summed E-state index contributed by atoms with van der Waals surface area (Å²) in [5, 5.41) is 0.489. The summed E-state index contributed by atoms with van der Waals surface area (Å²) < 4.78 is 19.9. The molecule has 5 heteroatoms. The van der Waals surface area contributed by atoms with Gasteiger partial charge < -0.3 is 9.64 Å². The summed E-state index contributed by atoms with van der Waals surface area (Å²) >= 11 is 6.06. The van der Waals surface area contributed by atoms with Crippen LogP contribution in [0.15, 0.2) is 12.1 Å². The highest BCUT2D eigenvalue weighted by atomic mass is 35.5. The average molecular weight is 344 g/mol. The van der Waals surface area contributed by atoms with Gasteiger partial charge in [-0.25, -0.2) is 4.39 Å². The van der Waals surface area contributed by atoms with Crippen molar-refractivity contribution in [1.29, 1.82) is 0 Å². The van der Waals surface area contributed by atoms with Crippen LogP contribution in [0.25, 0.3) is 0 Å². The van der Waals surface area contributed by atoms with Gasteiger partial charge in [-0.3, -0.25) is 4.79 Å². The Labute approximate surface area is 143 Å². The predicted octanol–water partition coefficient (Wildman–Crippen LogP) is 4.71. The molecule has 3 nitrogen and oxygen atoms in total. The van der Waals surface area contributed by atoms with Gasteiger partial charge in [-0.05, 0) is 36.8 Å². The number of carbonyl (C=O) groups excluding carboxylic acids is 1. The predicted molar refractivity (Wildman–Crippen MR) is 92.6 cm³/mol. The van der Waals surface area contributed by atoms with E-state index in [4.69, 9.17) is 16.3 Å². The van der Waals surface area contributed by atoms with Crippen molar-refractivity contribution in [3.8, 4) is 5.75 Å². The maximum absolute atomic E-state index is 14.4. The number of ether oxygens (including phenoxy) is 1. The quantitative estimate of drug-likeness (QED) is 0.608. The van der Waals surface area contributed by atoms with Crippen LogP contribution in [0.5, 0.6) is 5.75 Å². The highest BCUT2D eigenvalue weighted by Gasteiger charge is 2.12. The molecule has 1 aromatic rings. The fourth-order valence-corrected chi connectivity index (χ4v) is 2.38. The fraction of sp³-hybridized carbons (Fsp3) is 0.611. The molecule has 0 aliphatic rings. The van der Waals surface area contributed by atoms with Crippen LogP contribution in [-0.2, 0) is 11.2 Å². The lowest BCUT2D eigenvalue weighted by Crippen LogP contribution is -2.21. The van der Waals surface area contributed by atoms with Crippen LogP contribution in [0.3, 0.4) is 0 Å². The third-order valence-electron chi connectivity index (χ3n) is 3.49. The summed E-state index contributed by atoms with van der Waals surface area (Å²) in [7, 11) is 3.50. The van der Waals surface area contributed by atoms with E-state index in [0.717, 1.165) is 19.3 Å². The molecule has 0 unspecified atom stereocenters. The number of hydrogen-bond acceptors (Lipinski definition) is 2. The molecule has 0 atom stereocenters. The third kappa shape index (κ3) is 7.21. The number of aryl methyl sites for hydroxylation is 1. The monoisotopic (exact) mass is 343 g/mol. The van der Waals surface area contributed by atoms with Gasteiger partial charge in [0.15, 0.2) is 11.6 Å². The summed E-state index contributed by atoms with van der Waals surface area (Å²) in [6.45, 7) is 4.49. The van der Waals surface area contributed by atoms with Gasteiger partial charge >= 0.3 is 0 Å². The lowest BCUT2D eigenvalue weighted by molar-refractivity contribution is -0.128. The molecule has 0 aliphatic heterocycles. The average Bonchev–Trinajstić information content (AvgIpc) is 2.47. The summed E-state index contributed by atoms with van der Waals surface area (Å²) in [5.74, 6) is 0.359. The number of halogens is 2. The van der Waals surface area contributed by atoms with Crippen LogP contribution in [-0.4, -0.2) is 31.5 Å². The van der Waals surface area contributed by atoms with Crippen molar-refractivity contribution in [3.05, 3.63) is 28.5 Å². The molecule has 0 aliphatic carbocycles. The van der Waals surface area contributed by atoms with Crippen molar-refractivity contribution in [2.75, 3.05) is 20.7 Å². The van der Waals surface area contributed by atoms with Gasteiger partial charge in [-0.1, -0.05) is 31.9 Å². The van der Waals surface area contributed by atoms with E-state index in [1.54, 1.807) is 25.1 Å². The van der Waals surface area contributed by atoms with E-state index in [2.05, 4.69) is 0 Å². The Bertz CT molecular complexity index is 518. The van der Waals surface area contributed by atoms with Gasteiger partial charge in [0.1, 0.15) is 0 Å². The number of hydrogen-bond donors (Lipinski definition) is 0. The molecule has 1 aromatic carbocycles. The fourth-order valence-electron chi connectivity index (χ4n) is 2.15. The summed E-state index contributed by atoms with van der Waals surface area (Å²) in [4.78, 5) is 13.1. The standard InChI is InChI=1S/C18H27ClFNO2/c1-13(2)12-23-16-11-15(19)10-14(18(16)20)8-6-5-7-9-17(22)21(3)4/h10-11,13H,5-9,12H2,1-4H3. The third-order valence-corrected chi connectivity index (χ3v) is 3.71. The molecule has 1 rings (SSSR count). The van der Waals surface area contributed by atoms with Gasteiger partial charge in [-0.15, -0.1) is 0 Å². The zero-order valence-corrected chi connectivity index (χ0v) is 15.3. The molecule has 1 amide bonds. The summed E-state index contributed by atoms with van der Waals surface area (Å²) in [6, 6.07) is 3.18. The maximum Gasteiger partial charge on any atom is 0.222 e. The van der Waals surface area contributed by atoms with E-state index in [0.29, 0.717) is 36.0 Å². The molecule has 130 valence electrons. The van der Waals surface area contributed by atoms with Crippen LogP contribution in [0, 0.1) is 11.7 Å². The molecule has 0 aromatic heterocycles. The van der Waals surface area contributed by atoms with E-state index in [-0.39, 0.29) is 17.5 Å². The number of benzene rings is 1. The molecule has 23 heavy (non-hydrogen) atoms. The molecule has 0 heterocycles. The Morgan fingerprint density at radius 3 is 2.57 bits per heavy atom. The summed E-state index contributed by atoms with van der Waals surface area (Å²) in [6.07, 6.45) is 3.65. The van der Waals surface area contributed by atoms with Crippen molar-refractivity contribution in [1.82, 2.24) is 4.90 Å². The second-order valence-corrected chi connectivity index (χ2v) is 6.87. The highest BCUT2D eigenvalue weighted by Crippen LogP contribution is 2.27. The van der Waals surface area contributed by atoms with Crippen molar-refractivity contribution in [2.24, 2.45) is 5.92 Å². The van der Waals surface area contributed by atoms with Crippen LogP contribution in [0.1, 0.15) is 45.1 Å².